The van der Waals surface area contributed by atoms with Crippen LogP contribution < -0.4 is 5.14 Å². The molecule has 1 heterocycles. The van der Waals surface area contributed by atoms with Crippen LogP contribution in [-0.2, 0) is 10.0 Å². The van der Waals surface area contributed by atoms with Crippen molar-refractivity contribution >= 4 is 10.0 Å². The molecule has 19 heavy (non-hydrogen) atoms. The van der Waals surface area contributed by atoms with Gasteiger partial charge in [0, 0.05) is 12.0 Å². The largest absolute Gasteiger partial charge is 0.297 e. The average molecular weight is 284 g/mol. The van der Waals surface area contributed by atoms with Gasteiger partial charge in [-0.05, 0) is 25.7 Å². The van der Waals surface area contributed by atoms with Crippen molar-refractivity contribution in [3.05, 3.63) is 5.82 Å². The molecule has 2 saturated carbocycles. The molecule has 0 spiro atoms. The molecule has 1 aromatic rings. The van der Waals surface area contributed by atoms with Crippen LogP contribution in [0.5, 0.6) is 0 Å². The standard InChI is InChI=1S/C12H20N4O2S/c13-19(17,18)12-15-14-11(16(12)10-7-8-10)9-5-3-1-2-4-6-9/h9-10H,1-8H2,(H2,13,17,18). The Morgan fingerprint density at radius 1 is 1.00 bits per heavy atom. The molecule has 3 rings (SSSR count). The number of hydrogen-bond donors (Lipinski definition) is 1. The molecule has 0 aliphatic heterocycles. The summed E-state index contributed by atoms with van der Waals surface area (Å²) in [5.41, 5.74) is 0. The van der Waals surface area contributed by atoms with Gasteiger partial charge in [0.25, 0.3) is 15.2 Å². The van der Waals surface area contributed by atoms with Gasteiger partial charge in [0.1, 0.15) is 5.82 Å². The lowest BCUT2D eigenvalue weighted by molar-refractivity contribution is 0.503. The van der Waals surface area contributed by atoms with Crippen molar-refractivity contribution in [2.45, 2.75) is 68.5 Å². The molecule has 7 heteroatoms. The maximum absolute atomic E-state index is 11.6. The molecule has 6 nitrogen and oxygen atoms in total. The van der Waals surface area contributed by atoms with Crippen molar-refractivity contribution in [3.8, 4) is 0 Å². The van der Waals surface area contributed by atoms with Crippen molar-refractivity contribution in [1.82, 2.24) is 14.8 Å². The smallest absolute Gasteiger partial charge is 0.273 e. The summed E-state index contributed by atoms with van der Waals surface area (Å²) in [5, 5.41) is 13.2. The number of aromatic nitrogens is 3. The van der Waals surface area contributed by atoms with Gasteiger partial charge < -0.3 is 0 Å². The highest BCUT2D eigenvalue weighted by molar-refractivity contribution is 7.89. The zero-order valence-corrected chi connectivity index (χ0v) is 11.8. The van der Waals surface area contributed by atoms with Gasteiger partial charge >= 0.3 is 0 Å². The Labute approximate surface area is 113 Å². The Hall–Kier alpha value is -0.950. The van der Waals surface area contributed by atoms with E-state index < -0.39 is 10.0 Å². The summed E-state index contributed by atoms with van der Waals surface area (Å²) in [6, 6.07) is 0.238. The number of rotatable bonds is 3. The van der Waals surface area contributed by atoms with E-state index in [0.717, 1.165) is 31.5 Å². The second kappa shape index (κ2) is 4.86. The first kappa shape index (κ1) is 13.1. The topological polar surface area (TPSA) is 90.9 Å². The van der Waals surface area contributed by atoms with Gasteiger partial charge in [-0.3, -0.25) is 4.57 Å². The van der Waals surface area contributed by atoms with Crippen molar-refractivity contribution in [3.63, 3.8) is 0 Å². The van der Waals surface area contributed by atoms with E-state index in [0.29, 0.717) is 5.92 Å². The van der Waals surface area contributed by atoms with Crippen LogP contribution in [0.15, 0.2) is 5.16 Å². The molecule has 0 aromatic carbocycles. The molecule has 2 aliphatic rings. The van der Waals surface area contributed by atoms with Crippen LogP contribution in [0.2, 0.25) is 0 Å². The van der Waals surface area contributed by atoms with Crippen molar-refractivity contribution in [2.75, 3.05) is 0 Å². The summed E-state index contributed by atoms with van der Waals surface area (Å²) in [6.07, 6.45) is 9.05. The van der Waals surface area contributed by atoms with Crippen LogP contribution in [0.3, 0.4) is 0 Å². The van der Waals surface area contributed by atoms with E-state index in [1.54, 1.807) is 4.57 Å². The highest BCUT2D eigenvalue weighted by Gasteiger charge is 2.35. The molecule has 0 amide bonds. The van der Waals surface area contributed by atoms with Gasteiger partial charge in [0.05, 0.1) is 0 Å². The molecule has 2 fully saturated rings. The van der Waals surface area contributed by atoms with Gasteiger partial charge in [0.15, 0.2) is 0 Å². The summed E-state index contributed by atoms with van der Waals surface area (Å²) in [5.74, 6) is 1.18. The van der Waals surface area contributed by atoms with Crippen LogP contribution in [0, 0.1) is 0 Å². The van der Waals surface area contributed by atoms with E-state index in [1.165, 1.54) is 25.7 Å². The third-order valence-electron chi connectivity index (χ3n) is 4.08. The van der Waals surface area contributed by atoms with Gasteiger partial charge in [-0.1, -0.05) is 25.7 Å². The number of nitrogens with zero attached hydrogens (tertiary/aromatic N) is 3. The fraction of sp³-hybridized carbons (Fsp3) is 0.833. The van der Waals surface area contributed by atoms with Crippen molar-refractivity contribution in [1.29, 1.82) is 0 Å². The molecular weight excluding hydrogens is 264 g/mol. The van der Waals surface area contributed by atoms with E-state index in [2.05, 4.69) is 10.2 Å². The molecule has 0 saturated heterocycles. The van der Waals surface area contributed by atoms with E-state index in [9.17, 15) is 8.42 Å². The van der Waals surface area contributed by atoms with E-state index in [-0.39, 0.29) is 11.2 Å². The van der Waals surface area contributed by atoms with Crippen LogP contribution in [0.1, 0.15) is 69.2 Å². The zero-order valence-electron chi connectivity index (χ0n) is 11.0. The Morgan fingerprint density at radius 3 is 2.16 bits per heavy atom. The van der Waals surface area contributed by atoms with Crippen LogP contribution >= 0.6 is 0 Å². The maximum atomic E-state index is 11.6. The van der Waals surface area contributed by atoms with Crippen LogP contribution in [-0.4, -0.2) is 23.2 Å². The van der Waals surface area contributed by atoms with E-state index >= 15 is 0 Å². The molecule has 0 radical (unpaired) electrons. The molecular formula is C12H20N4O2S. The predicted molar refractivity (Wildman–Crippen MR) is 70.1 cm³/mol. The fourth-order valence-corrected chi connectivity index (χ4v) is 3.65. The lowest BCUT2D eigenvalue weighted by Gasteiger charge is -2.15. The number of primary sulfonamides is 1. The second-order valence-corrected chi connectivity index (χ2v) is 7.13. The quantitative estimate of drug-likeness (QED) is 0.855. The Kier molecular flexibility index (Phi) is 3.34. The van der Waals surface area contributed by atoms with Crippen LogP contribution in [0.25, 0.3) is 0 Å². The number of hydrogen-bond acceptors (Lipinski definition) is 4. The Bertz CT molecular complexity index is 554. The molecule has 106 valence electrons. The predicted octanol–water partition coefficient (Wildman–Crippen LogP) is 1.70. The minimum absolute atomic E-state index is 0.0470. The molecule has 1 aromatic heterocycles. The molecule has 2 aliphatic carbocycles. The summed E-state index contributed by atoms with van der Waals surface area (Å²) in [4.78, 5) is 0. The number of nitrogens with two attached hydrogens (primary N) is 1. The average Bonchev–Trinajstić information content (AvgIpc) is 3.12. The molecule has 0 atom stereocenters. The first-order valence-corrected chi connectivity index (χ1v) is 8.59. The second-order valence-electron chi connectivity index (χ2n) is 5.68. The van der Waals surface area contributed by atoms with Crippen LogP contribution in [0.4, 0.5) is 0 Å². The molecule has 0 unspecified atom stereocenters. The summed E-state index contributed by atoms with van der Waals surface area (Å²) >= 11 is 0. The van der Waals surface area contributed by atoms with Crippen molar-refractivity contribution in [2.24, 2.45) is 5.14 Å². The maximum Gasteiger partial charge on any atom is 0.273 e. The molecule has 0 bridgehead atoms. The molecule has 2 N–H and O–H groups in total. The normalized spacial score (nSPS) is 22.4. The first-order valence-electron chi connectivity index (χ1n) is 7.05. The minimum Gasteiger partial charge on any atom is -0.297 e. The van der Waals surface area contributed by atoms with Crippen molar-refractivity contribution < 1.29 is 8.42 Å². The lowest BCUT2D eigenvalue weighted by Crippen LogP contribution is -2.19. The third-order valence-corrected chi connectivity index (χ3v) is 4.87. The monoisotopic (exact) mass is 284 g/mol. The Balaban J connectivity index is 1.99. The Morgan fingerprint density at radius 2 is 1.63 bits per heavy atom. The summed E-state index contributed by atoms with van der Waals surface area (Å²) in [7, 11) is -3.78. The highest BCUT2D eigenvalue weighted by atomic mass is 32.2. The summed E-state index contributed by atoms with van der Waals surface area (Å²) in [6.45, 7) is 0. The number of sulfonamides is 1. The van der Waals surface area contributed by atoms with E-state index in [1.807, 2.05) is 0 Å². The van der Waals surface area contributed by atoms with E-state index in [4.69, 9.17) is 5.14 Å². The minimum atomic E-state index is -3.78. The fourth-order valence-electron chi connectivity index (χ4n) is 2.97. The van der Waals surface area contributed by atoms with Gasteiger partial charge in [-0.2, -0.15) is 0 Å². The van der Waals surface area contributed by atoms with Gasteiger partial charge in [0.2, 0.25) is 0 Å². The summed E-state index contributed by atoms with van der Waals surface area (Å²) < 4.78 is 25.0. The van der Waals surface area contributed by atoms with Gasteiger partial charge in [-0.15, -0.1) is 10.2 Å². The first-order chi connectivity index (χ1) is 9.07. The zero-order chi connectivity index (χ0) is 13.5. The van der Waals surface area contributed by atoms with Gasteiger partial charge in [-0.25, -0.2) is 13.6 Å². The third kappa shape index (κ3) is 2.67. The lowest BCUT2D eigenvalue weighted by atomic mass is 9.99. The highest BCUT2D eigenvalue weighted by Crippen LogP contribution is 2.41. The SMILES string of the molecule is NS(=O)(=O)c1nnc(C2CCCCCC2)n1C1CC1.